The van der Waals surface area contributed by atoms with Crippen LogP contribution in [0, 0.1) is 0 Å². The van der Waals surface area contributed by atoms with E-state index in [1.807, 2.05) is 128 Å². The van der Waals surface area contributed by atoms with Gasteiger partial charge in [0.2, 0.25) is 23.8 Å². The van der Waals surface area contributed by atoms with Crippen LogP contribution in [0.2, 0.25) is 0 Å². The fourth-order valence-corrected chi connectivity index (χ4v) is 7.43. The number of ether oxygens (including phenoxy) is 2. The van der Waals surface area contributed by atoms with Gasteiger partial charge < -0.3 is 20.1 Å². The molecule has 0 radical (unpaired) electrons. The predicted octanol–water partition coefficient (Wildman–Crippen LogP) is 12.5. The van der Waals surface area contributed by atoms with Gasteiger partial charge in [-0.15, -0.1) is 0 Å². The van der Waals surface area contributed by atoms with Crippen molar-refractivity contribution in [2.45, 2.75) is 34.0 Å². The molecule has 2 heterocycles. The highest BCUT2D eigenvalue weighted by molar-refractivity contribution is 7.99. The number of aromatic nitrogens is 6. The minimum Gasteiger partial charge on any atom is -0.489 e. The monoisotopic (exact) mass is 879 g/mol. The normalized spacial score (nSPS) is 10.8. The smallest absolute Gasteiger partial charge is 0.338 e. The number of nitrogens with one attached hydrogen (secondary N) is 2. The number of carbonyl (C=O) groups is 1. The first-order valence-corrected chi connectivity index (χ1v) is 21.6. The van der Waals surface area contributed by atoms with Gasteiger partial charge in [-0.2, -0.15) is 29.9 Å². The van der Waals surface area contributed by atoms with E-state index in [1.165, 1.54) is 23.5 Å². The summed E-state index contributed by atoms with van der Waals surface area (Å²) in [5, 5.41) is 9.60. The van der Waals surface area contributed by atoms with Crippen molar-refractivity contribution in [2.75, 3.05) is 22.1 Å². The van der Waals surface area contributed by atoms with Crippen molar-refractivity contribution in [1.82, 2.24) is 29.9 Å². The molecule has 2 N–H and O–H groups in total. The van der Waals surface area contributed by atoms with Gasteiger partial charge in [-0.1, -0.05) is 92.0 Å². The van der Waals surface area contributed by atoms with E-state index in [2.05, 4.69) is 36.4 Å². The van der Waals surface area contributed by atoms with E-state index in [-0.39, 0.29) is 23.8 Å². The maximum atomic E-state index is 12.2. The Balaban J connectivity index is 1.23. The standard InChI is InChI=1S/C50H41N9O3S2/c1-32(2)34(5)31-61-40-26-21-37(22-27-40)51-45-53-47(57-49(55-45)63-42-16-8-6-9-17-42)59(39-25-20-35-14-12-13-15-36(35)30-39)48-54-46(56-50(58-48)64-43-18-10-7-11-19-43)52-38-23-28-41(29-24-38)62-44(60)33(3)4/h6-30H,1,3,5,31H2,2,4H3,(H,51,53,55,57)(H,52,54,56,58). The number of anilines is 7. The van der Waals surface area contributed by atoms with Crippen molar-refractivity contribution in [3.8, 4) is 11.5 Å². The maximum Gasteiger partial charge on any atom is 0.338 e. The number of hydrogen-bond acceptors (Lipinski definition) is 14. The van der Waals surface area contributed by atoms with Crippen LogP contribution >= 0.6 is 23.5 Å². The number of rotatable bonds is 17. The number of hydrogen-bond donors (Lipinski definition) is 2. The summed E-state index contributed by atoms with van der Waals surface area (Å²) in [4.78, 5) is 45.7. The zero-order valence-electron chi connectivity index (χ0n) is 34.9. The molecule has 0 saturated carbocycles. The summed E-state index contributed by atoms with van der Waals surface area (Å²) in [7, 11) is 0. The van der Waals surface area contributed by atoms with Crippen molar-refractivity contribution in [2.24, 2.45) is 0 Å². The summed E-state index contributed by atoms with van der Waals surface area (Å²) in [5.74, 6) is 1.57. The van der Waals surface area contributed by atoms with Gasteiger partial charge in [0.05, 0.1) is 5.69 Å². The van der Waals surface area contributed by atoms with Crippen LogP contribution in [0.1, 0.15) is 13.8 Å². The molecule has 0 unspecified atom stereocenters. The lowest BCUT2D eigenvalue weighted by Gasteiger charge is -2.23. The number of carbonyl (C=O) groups excluding carboxylic acids is 1. The van der Waals surface area contributed by atoms with Crippen molar-refractivity contribution in [3.63, 3.8) is 0 Å². The third kappa shape index (κ3) is 11.2. The molecular weight excluding hydrogens is 839 g/mol. The molecule has 0 fully saturated rings. The van der Waals surface area contributed by atoms with Gasteiger partial charge in [0.25, 0.3) is 0 Å². The molecule has 0 spiro atoms. The molecule has 8 aromatic rings. The average Bonchev–Trinajstić information content (AvgIpc) is 3.30. The predicted molar refractivity (Wildman–Crippen MR) is 256 cm³/mol. The highest BCUT2D eigenvalue weighted by atomic mass is 32.2. The molecule has 0 aliphatic heterocycles. The Hall–Kier alpha value is -7.81. The largest absolute Gasteiger partial charge is 0.489 e. The molecule has 316 valence electrons. The first-order chi connectivity index (χ1) is 31.1. The summed E-state index contributed by atoms with van der Waals surface area (Å²) in [6, 6.07) is 48.3. The van der Waals surface area contributed by atoms with E-state index in [4.69, 9.17) is 39.4 Å². The van der Waals surface area contributed by atoms with Crippen LogP contribution in [-0.4, -0.2) is 42.5 Å². The van der Waals surface area contributed by atoms with Crippen molar-refractivity contribution >= 4 is 81.1 Å². The third-order valence-electron chi connectivity index (χ3n) is 9.30. The molecule has 0 aliphatic rings. The lowest BCUT2D eigenvalue weighted by Crippen LogP contribution is -2.19. The third-order valence-corrected chi connectivity index (χ3v) is 11.0. The number of esters is 1. The summed E-state index contributed by atoms with van der Waals surface area (Å²) in [5.41, 5.74) is 4.06. The number of fused-ring (bicyclic) bond motifs is 1. The molecule has 8 rings (SSSR count). The highest BCUT2D eigenvalue weighted by Gasteiger charge is 2.24. The second-order valence-corrected chi connectivity index (χ2v) is 16.4. The zero-order valence-corrected chi connectivity index (χ0v) is 36.6. The first kappa shape index (κ1) is 42.9. The van der Waals surface area contributed by atoms with Crippen LogP contribution in [0.25, 0.3) is 10.8 Å². The molecule has 12 nitrogen and oxygen atoms in total. The van der Waals surface area contributed by atoms with Crippen molar-refractivity contribution in [3.05, 3.63) is 188 Å². The molecule has 0 aliphatic carbocycles. The Labute approximate surface area is 379 Å². The Kier molecular flexibility index (Phi) is 13.3. The van der Waals surface area contributed by atoms with Gasteiger partial charge >= 0.3 is 5.97 Å². The Bertz CT molecular complexity index is 2970. The summed E-state index contributed by atoms with van der Waals surface area (Å²) in [6.07, 6.45) is 0. The summed E-state index contributed by atoms with van der Waals surface area (Å²) < 4.78 is 11.3. The Morgan fingerprint density at radius 2 is 1.06 bits per heavy atom. The van der Waals surface area contributed by atoms with E-state index in [0.717, 1.165) is 37.4 Å². The Morgan fingerprint density at radius 1 is 0.562 bits per heavy atom. The molecule has 14 heteroatoms. The van der Waals surface area contributed by atoms with Gasteiger partial charge in [-0.05, 0) is 139 Å². The molecule has 0 saturated heterocycles. The topological polar surface area (TPSA) is 140 Å². The SMILES string of the molecule is C=C(C)C(=C)COc1ccc(Nc2nc(Sc3ccccc3)nc(N(c3ccc4ccccc4c3)c3nc(Nc4ccc(OC(=O)C(=C)C)cc4)nc(Sc4ccccc4)n3)n2)cc1. The second kappa shape index (κ2) is 19.9. The molecule has 0 amide bonds. The fourth-order valence-electron chi connectivity index (χ4n) is 5.91. The first-order valence-electron chi connectivity index (χ1n) is 20.0. The molecule has 0 bridgehead atoms. The molecular formula is C50H41N9O3S2. The van der Waals surface area contributed by atoms with Gasteiger partial charge in [0.1, 0.15) is 18.1 Å². The van der Waals surface area contributed by atoms with Crippen LogP contribution in [0.5, 0.6) is 11.5 Å². The van der Waals surface area contributed by atoms with Gasteiger partial charge in [0, 0.05) is 26.7 Å². The van der Waals surface area contributed by atoms with Crippen molar-refractivity contribution in [1.29, 1.82) is 0 Å². The second-order valence-electron chi connectivity index (χ2n) is 14.3. The lowest BCUT2D eigenvalue weighted by molar-refractivity contribution is -0.130. The molecule has 0 atom stereocenters. The van der Waals surface area contributed by atoms with Gasteiger partial charge in [0.15, 0.2) is 10.3 Å². The Morgan fingerprint density at radius 3 is 1.58 bits per heavy atom. The molecule has 64 heavy (non-hydrogen) atoms. The van der Waals surface area contributed by atoms with Gasteiger partial charge in [-0.3, -0.25) is 0 Å². The maximum absolute atomic E-state index is 12.2. The lowest BCUT2D eigenvalue weighted by atomic mass is 10.1. The number of benzene rings is 6. The number of nitrogens with zero attached hydrogens (tertiary/aromatic N) is 7. The van der Waals surface area contributed by atoms with E-state index in [1.54, 1.807) is 36.1 Å². The van der Waals surface area contributed by atoms with E-state index in [0.29, 0.717) is 45.4 Å². The van der Waals surface area contributed by atoms with Crippen LogP contribution in [-0.2, 0) is 4.79 Å². The van der Waals surface area contributed by atoms with E-state index in [9.17, 15) is 4.79 Å². The van der Waals surface area contributed by atoms with Crippen LogP contribution in [0.4, 0.5) is 40.9 Å². The average molecular weight is 880 g/mol. The minimum atomic E-state index is -0.509. The van der Waals surface area contributed by atoms with Crippen LogP contribution in [0.15, 0.2) is 208 Å². The summed E-state index contributed by atoms with van der Waals surface area (Å²) >= 11 is 2.78. The van der Waals surface area contributed by atoms with Crippen molar-refractivity contribution < 1.29 is 14.3 Å². The highest BCUT2D eigenvalue weighted by Crippen LogP contribution is 2.37. The fraction of sp³-hybridized carbons (Fsp3) is 0.0600. The zero-order chi connectivity index (χ0) is 44.4. The quantitative estimate of drug-likeness (QED) is 0.0388. The van der Waals surface area contributed by atoms with E-state index >= 15 is 0 Å². The van der Waals surface area contributed by atoms with E-state index < -0.39 is 5.97 Å². The van der Waals surface area contributed by atoms with Crippen LogP contribution < -0.4 is 25.0 Å². The molecule has 6 aromatic carbocycles. The molecule has 2 aromatic heterocycles. The summed E-state index contributed by atoms with van der Waals surface area (Å²) in [6.45, 7) is 15.5. The minimum absolute atomic E-state index is 0.240. The van der Waals surface area contributed by atoms with Crippen LogP contribution in [0.3, 0.4) is 0 Å². The van der Waals surface area contributed by atoms with Gasteiger partial charge in [-0.25, -0.2) is 9.69 Å².